The molecule has 110 valence electrons. The SMILES string of the molecule is O=C(OCc1ccccc1)n1ccc2cc3c(cc21)OCO3. The molecule has 5 nitrogen and oxygen atoms in total. The van der Waals surface area contributed by atoms with E-state index in [4.69, 9.17) is 14.2 Å². The second-order valence-electron chi connectivity index (χ2n) is 4.99. The van der Waals surface area contributed by atoms with Gasteiger partial charge in [-0.1, -0.05) is 30.3 Å². The van der Waals surface area contributed by atoms with Gasteiger partial charge in [0.2, 0.25) is 6.79 Å². The molecule has 0 amide bonds. The van der Waals surface area contributed by atoms with Crippen molar-refractivity contribution in [2.75, 3.05) is 6.79 Å². The average Bonchev–Trinajstić information content (AvgIpc) is 3.17. The lowest BCUT2D eigenvalue weighted by molar-refractivity contribution is 0.142. The molecule has 5 heteroatoms. The third-order valence-electron chi connectivity index (χ3n) is 3.59. The summed E-state index contributed by atoms with van der Waals surface area (Å²) in [5.74, 6) is 1.34. The Morgan fingerprint density at radius 1 is 1.09 bits per heavy atom. The average molecular weight is 295 g/mol. The molecular weight excluding hydrogens is 282 g/mol. The maximum Gasteiger partial charge on any atom is 0.418 e. The number of nitrogens with zero attached hydrogens (tertiary/aromatic N) is 1. The van der Waals surface area contributed by atoms with Crippen LogP contribution in [0.15, 0.2) is 54.7 Å². The number of benzene rings is 2. The van der Waals surface area contributed by atoms with Crippen molar-refractivity contribution in [3.8, 4) is 11.5 Å². The van der Waals surface area contributed by atoms with E-state index in [0.717, 1.165) is 16.5 Å². The van der Waals surface area contributed by atoms with E-state index >= 15 is 0 Å². The summed E-state index contributed by atoms with van der Waals surface area (Å²) >= 11 is 0. The van der Waals surface area contributed by atoms with E-state index in [1.165, 1.54) is 4.57 Å². The molecule has 0 N–H and O–H groups in total. The Labute approximate surface area is 126 Å². The predicted octanol–water partition coefficient (Wildman–Crippen LogP) is 3.55. The fourth-order valence-electron chi connectivity index (χ4n) is 2.47. The minimum Gasteiger partial charge on any atom is -0.454 e. The predicted molar refractivity (Wildman–Crippen MR) is 80.1 cm³/mol. The summed E-state index contributed by atoms with van der Waals surface area (Å²) in [5.41, 5.74) is 1.69. The molecule has 4 rings (SSSR count). The van der Waals surface area contributed by atoms with Gasteiger partial charge >= 0.3 is 6.09 Å². The number of hydrogen-bond donors (Lipinski definition) is 0. The molecule has 0 saturated carbocycles. The number of fused-ring (bicyclic) bond motifs is 2. The molecule has 3 aromatic rings. The normalized spacial score (nSPS) is 12.5. The summed E-state index contributed by atoms with van der Waals surface area (Å²) in [6.45, 7) is 0.449. The second kappa shape index (κ2) is 5.11. The van der Waals surface area contributed by atoms with Crippen molar-refractivity contribution in [3.05, 3.63) is 60.3 Å². The second-order valence-corrected chi connectivity index (χ2v) is 4.99. The van der Waals surface area contributed by atoms with Gasteiger partial charge in [-0.25, -0.2) is 4.79 Å². The van der Waals surface area contributed by atoms with Gasteiger partial charge in [0.25, 0.3) is 0 Å². The topological polar surface area (TPSA) is 49.7 Å². The lowest BCUT2D eigenvalue weighted by Gasteiger charge is -2.07. The van der Waals surface area contributed by atoms with Gasteiger partial charge in [-0.05, 0) is 17.7 Å². The zero-order chi connectivity index (χ0) is 14.9. The van der Waals surface area contributed by atoms with Crippen LogP contribution in [0.1, 0.15) is 5.56 Å². The van der Waals surface area contributed by atoms with Crippen molar-refractivity contribution in [2.24, 2.45) is 0 Å². The van der Waals surface area contributed by atoms with Crippen molar-refractivity contribution in [1.82, 2.24) is 4.57 Å². The Hall–Kier alpha value is -2.95. The molecule has 0 saturated heterocycles. The van der Waals surface area contributed by atoms with Gasteiger partial charge in [0.15, 0.2) is 11.5 Å². The molecule has 0 bridgehead atoms. The van der Waals surface area contributed by atoms with Crippen LogP contribution in [0.2, 0.25) is 0 Å². The van der Waals surface area contributed by atoms with Crippen LogP contribution >= 0.6 is 0 Å². The number of carbonyl (C=O) groups excluding carboxylic acids is 1. The maximum atomic E-state index is 12.3. The molecule has 22 heavy (non-hydrogen) atoms. The summed E-state index contributed by atoms with van der Waals surface area (Å²) in [7, 11) is 0. The summed E-state index contributed by atoms with van der Waals surface area (Å²) < 4.78 is 17.5. The highest BCUT2D eigenvalue weighted by Gasteiger charge is 2.18. The molecule has 0 fully saturated rings. The van der Waals surface area contributed by atoms with E-state index in [9.17, 15) is 4.79 Å². The fraction of sp³-hybridized carbons (Fsp3) is 0.118. The van der Waals surface area contributed by atoms with E-state index in [2.05, 4.69) is 0 Å². The number of hydrogen-bond acceptors (Lipinski definition) is 4. The molecule has 0 radical (unpaired) electrons. The Kier molecular flexibility index (Phi) is 2.96. The van der Waals surface area contributed by atoms with E-state index in [1.54, 1.807) is 12.3 Å². The van der Waals surface area contributed by atoms with Crippen LogP contribution < -0.4 is 9.47 Å². The molecule has 2 aromatic carbocycles. The Balaban J connectivity index is 1.59. The van der Waals surface area contributed by atoms with Gasteiger partial charge in [-0.15, -0.1) is 0 Å². The zero-order valence-electron chi connectivity index (χ0n) is 11.7. The Morgan fingerprint density at radius 2 is 1.86 bits per heavy atom. The van der Waals surface area contributed by atoms with Crippen molar-refractivity contribution >= 4 is 17.0 Å². The molecule has 2 heterocycles. The van der Waals surface area contributed by atoms with Gasteiger partial charge in [0.1, 0.15) is 6.61 Å². The van der Waals surface area contributed by atoms with Gasteiger partial charge in [-0.3, -0.25) is 4.57 Å². The first-order valence-electron chi connectivity index (χ1n) is 6.93. The first kappa shape index (κ1) is 12.8. The minimum absolute atomic E-state index is 0.209. The van der Waals surface area contributed by atoms with Crippen LogP contribution in [0.4, 0.5) is 4.79 Å². The van der Waals surface area contributed by atoms with E-state index in [1.807, 2.05) is 42.5 Å². The Bertz CT molecular complexity index is 838. The van der Waals surface area contributed by atoms with Crippen molar-refractivity contribution in [2.45, 2.75) is 6.61 Å². The van der Waals surface area contributed by atoms with Gasteiger partial charge in [-0.2, -0.15) is 0 Å². The van der Waals surface area contributed by atoms with Crippen LogP contribution in [0.5, 0.6) is 11.5 Å². The molecule has 0 unspecified atom stereocenters. The molecule has 1 aliphatic heterocycles. The highest BCUT2D eigenvalue weighted by Crippen LogP contribution is 2.36. The standard InChI is InChI=1S/C17H13NO4/c19-17(20-10-12-4-2-1-3-5-12)18-7-6-13-8-15-16(9-14(13)18)22-11-21-15/h1-9H,10-11H2. The first-order chi connectivity index (χ1) is 10.8. The minimum atomic E-state index is -0.419. The number of aromatic nitrogens is 1. The third-order valence-corrected chi connectivity index (χ3v) is 3.59. The third kappa shape index (κ3) is 2.16. The van der Waals surface area contributed by atoms with Crippen LogP contribution in [0, 0.1) is 0 Å². The lowest BCUT2D eigenvalue weighted by atomic mass is 10.2. The highest BCUT2D eigenvalue weighted by molar-refractivity contribution is 5.91. The summed E-state index contributed by atoms with van der Waals surface area (Å²) in [5, 5.41) is 0.904. The first-order valence-corrected chi connectivity index (χ1v) is 6.93. The van der Waals surface area contributed by atoms with Crippen molar-refractivity contribution < 1.29 is 19.0 Å². The molecule has 1 aromatic heterocycles. The van der Waals surface area contributed by atoms with Gasteiger partial charge in [0, 0.05) is 17.6 Å². The van der Waals surface area contributed by atoms with Crippen LogP contribution in [-0.4, -0.2) is 17.5 Å². The summed E-state index contributed by atoms with van der Waals surface area (Å²) in [6.07, 6.45) is 1.27. The van der Waals surface area contributed by atoms with E-state index in [0.29, 0.717) is 11.5 Å². The number of carbonyl (C=O) groups is 1. The number of rotatable bonds is 2. The van der Waals surface area contributed by atoms with Crippen molar-refractivity contribution in [1.29, 1.82) is 0 Å². The zero-order valence-corrected chi connectivity index (χ0v) is 11.7. The molecule has 1 aliphatic rings. The molecule has 0 atom stereocenters. The van der Waals surface area contributed by atoms with Crippen molar-refractivity contribution in [3.63, 3.8) is 0 Å². The number of ether oxygens (including phenoxy) is 3. The molecular formula is C17H13NO4. The molecule has 0 aliphatic carbocycles. The fourth-order valence-corrected chi connectivity index (χ4v) is 2.47. The van der Waals surface area contributed by atoms with E-state index < -0.39 is 6.09 Å². The van der Waals surface area contributed by atoms with Crippen LogP contribution in [0.3, 0.4) is 0 Å². The smallest absolute Gasteiger partial charge is 0.418 e. The molecule has 0 spiro atoms. The highest BCUT2D eigenvalue weighted by atomic mass is 16.7. The summed E-state index contributed by atoms with van der Waals surface area (Å²) in [4.78, 5) is 12.3. The van der Waals surface area contributed by atoms with Gasteiger partial charge in [0.05, 0.1) is 5.52 Å². The summed E-state index contributed by atoms with van der Waals surface area (Å²) in [6, 6.07) is 15.1. The monoisotopic (exact) mass is 295 g/mol. The van der Waals surface area contributed by atoms with Gasteiger partial charge < -0.3 is 14.2 Å². The quantitative estimate of drug-likeness (QED) is 0.725. The Morgan fingerprint density at radius 3 is 2.68 bits per heavy atom. The largest absolute Gasteiger partial charge is 0.454 e. The van der Waals surface area contributed by atoms with Crippen LogP contribution in [-0.2, 0) is 11.3 Å². The lowest BCUT2D eigenvalue weighted by Crippen LogP contribution is -2.12. The van der Waals surface area contributed by atoms with E-state index in [-0.39, 0.29) is 13.4 Å². The maximum absolute atomic E-state index is 12.3. The van der Waals surface area contributed by atoms with Crippen LogP contribution in [0.25, 0.3) is 10.9 Å².